The highest BCUT2D eigenvalue weighted by atomic mass is 79.9. The summed E-state index contributed by atoms with van der Waals surface area (Å²) in [7, 11) is -3.76. The fraction of sp³-hybridized carbons (Fsp3) is 0.0909. The second-order valence-electron chi connectivity index (χ2n) is 7.02. The fourth-order valence-electron chi connectivity index (χ4n) is 2.83. The van der Waals surface area contributed by atoms with Crippen LogP contribution < -0.4 is 15.4 Å². The summed E-state index contributed by atoms with van der Waals surface area (Å²) in [6.45, 7) is 3.78. The lowest BCUT2D eigenvalue weighted by atomic mass is 10.1. The Hall–Kier alpha value is -2.95. The Morgan fingerprint density at radius 2 is 1.69 bits per heavy atom. The van der Waals surface area contributed by atoms with E-state index in [0.717, 1.165) is 11.1 Å². The van der Waals surface area contributed by atoms with Gasteiger partial charge >= 0.3 is 0 Å². The van der Waals surface area contributed by atoms with E-state index >= 15 is 0 Å². The van der Waals surface area contributed by atoms with Gasteiger partial charge in [0.15, 0.2) is 5.11 Å². The van der Waals surface area contributed by atoms with Crippen molar-refractivity contribution in [3.8, 4) is 5.75 Å². The Morgan fingerprint density at radius 1 is 1.00 bits per heavy atom. The van der Waals surface area contributed by atoms with Crippen molar-refractivity contribution in [2.45, 2.75) is 18.7 Å². The Labute approximate surface area is 200 Å². The van der Waals surface area contributed by atoms with Crippen molar-refractivity contribution in [2.75, 3.05) is 10.0 Å². The van der Waals surface area contributed by atoms with Gasteiger partial charge < -0.3 is 10.4 Å². The number of anilines is 2. The minimum absolute atomic E-state index is 0.0179. The highest BCUT2D eigenvalue weighted by molar-refractivity contribution is 9.10. The highest BCUT2D eigenvalue weighted by Crippen LogP contribution is 2.24. The maximum Gasteiger partial charge on any atom is 0.261 e. The molecule has 0 aliphatic rings. The molecule has 1 amide bonds. The van der Waals surface area contributed by atoms with Crippen LogP contribution in [0.15, 0.2) is 70.0 Å². The number of carbonyl (C=O) groups is 1. The number of sulfonamides is 1. The van der Waals surface area contributed by atoms with Crippen LogP contribution in [0.1, 0.15) is 21.5 Å². The standard InChI is InChI=1S/C22H20BrN3O4S2/c1-13-3-9-19(14(2)11-13)26-32(29,30)17-7-5-16(6-8-17)24-22(31)25-21(28)15-4-10-20(27)18(23)12-15/h3-12,26-27H,1-2H3,(H2,24,25,28,31). The van der Waals surface area contributed by atoms with Gasteiger partial charge in [0.1, 0.15) is 5.75 Å². The molecule has 166 valence electrons. The van der Waals surface area contributed by atoms with Crippen molar-refractivity contribution in [3.63, 3.8) is 0 Å². The first-order valence-electron chi connectivity index (χ1n) is 9.36. The Bertz CT molecular complexity index is 1290. The van der Waals surface area contributed by atoms with E-state index in [9.17, 15) is 18.3 Å². The van der Waals surface area contributed by atoms with E-state index in [0.29, 0.717) is 21.4 Å². The van der Waals surface area contributed by atoms with E-state index in [4.69, 9.17) is 12.2 Å². The van der Waals surface area contributed by atoms with Crippen LogP contribution in [0.2, 0.25) is 0 Å². The Balaban J connectivity index is 1.65. The van der Waals surface area contributed by atoms with Crippen molar-refractivity contribution in [1.82, 2.24) is 5.32 Å². The van der Waals surface area contributed by atoms with E-state index in [2.05, 4.69) is 31.3 Å². The van der Waals surface area contributed by atoms with Crippen LogP contribution in [0.5, 0.6) is 5.75 Å². The molecule has 0 bridgehead atoms. The summed E-state index contributed by atoms with van der Waals surface area (Å²) in [6.07, 6.45) is 0. The SMILES string of the molecule is Cc1ccc(NS(=O)(=O)c2ccc(NC(=S)NC(=O)c3ccc(O)c(Br)c3)cc2)c(C)c1. The molecule has 3 rings (SSSR count). The van der Waals surface area contributed by atoms with E-state index in [-0.39, 0.29) is 15.8 Å². The van der Waals surface area contributed by atoms with Gasteiger partial charge in [-0.1, -0.05) is 17.7 Å². The number of amides is 1. The third-order valence-electron chi connectivity index (χ3n) is 4.49. The molecule has 3 aromatic rings. The predicted octanol–water partition coefficient (Wildman–Crippen LogP) is 4.70. The molecule has 0 aliphatic heterocycles. The number of rotatable bonds is 5. The molecule has 7 nitrogen and oxygen atoms in total. The van der Waals surface area contributed by atoms with Crippen molar-refractivity contribution in [1.29, 1.82) is 0 Å². The number of hydrogen-bond donors (Lipinski definition) is 4. The molecule has 0 aliphatic carbocycles. The van der Waals surface area contributed by atoms with Crippen LogP contribution in [0.3, 0.4) is 0 Å². The van der Waals surface area contributed by atoms with Gasteiger partial charge in [-0.2, -0.15) is 0 Å². The maximum atomic E-state index is 12.7. The summed E-state index contributed by atoms with van der Waals surface area (Å²) in [5, 5.41) is 14.9. The molecule has 0 aromatic heterocycles. The zero-order valence-electron chi connectivity index (χ0n) is 17.1. The topological polar surface area (TPSA) is 108 Å². The first kappa shape index (κ1) is 23.7. The molecule has 0 radical (unpaired) electrons. The molecule has 10 heteroatoms. The van der Waals surface area contributed by atoms with Crippen molar-refractivity contribution < 1.29 is 18.3 Å². The molecule has 32 heavy (non-hydrogen) atoms. The number of phenolic OH excluding ortho intramolecular Hbond substituents is 1. The van der Waals surface area contributed by atoms with Gasteiger partial charge in [0.05, 0.1) is 15.1 Å². The van der Waals surface area contributed by atoms with Crippen LogP contribution >= 0.6 is 28.1 Å². The van der Waals surface area contributed by atoms with Gasteiger partial charge in [-0.25, -0.2) is 8.42 Å². The van der Waals surface area contributed by atoms with E-state index in [1.165, 1.54) is 30.3 Å². The molecular weight excluding hydrogens is 514 g/mol. The summed E-state index contributed by atoms with van der Waals surface area (Å²) >= 11 is 8.31. The van der Waals surface area contributed by atoms with Gasteiger partial charge in [-0.05, 0) is 96.1 Å². The smallest absolute Gasteiger partial charge is 0.261 e. The lowest BCUT2D eigenvalue weighted by molar-refractivity contribution is 0.0977. The average Bonchev–Trinajstić information content (AvgIpc) is 2.72. The molecule has 0 saturated carbocycles. The summed E-state index contributed by atoms with van der Waals surface area (Å²) in [5.74, 6) is -0.440. The van der Waals surface area contributed by atoms with Crippen LogP contribution in [0.25, 0.3) is 0 Å². The number of benzene rings is 3. The number of halogens is 1. The fourth-order valence-corrected chi connectivity index (χ4v) is 4.56. The number of hydrogen-bond acceptors (Lipinski definition) is 5. The van der Waals surface area contributed by atoms with Crippen molar-refractivity contribution in [3.05, 3.63) is 81.8 Å². The second-order valence-corrected chi connectivity index (χ2v) is 9.97. The number of carbonyl (C=O) groups excluding carboxylic acids is 1. The zero-order chi connectivity index (χ0) is 23.5. The van der Waals surface area contributed by atoms with Crippen LogP contribution in [0, 0.1) is 13.8 Å². The number of aromatic hydroxyl groups is 1. The summed E-state index contributed by atoms with van der Waals surface area (Å²) in [6, 6.07) is 15.8. The summed E-state index contributed by atoms with van der Waals surface area (Å²) in [5.41, 5.74) is 3.20. The zero-order valence-corrected chi connectivity index (χ0v) is 20.4. The first-order valence-corrected chi connectivity index (χ1v) is 12.0. The van der Waals surface area contributed by atoms with Crippen LogP contribution in [-0.2, 0) is 10.0 Å². The monoisotopic (exact) mass is 533 g/mol. The third-order valence-corrected chi connectivity index (χ3v) is 6.71. The number of nitrogens with one attached hydrogen (secondary N) is 3. The highest BCUT2D eigenvalue weighted by Gasteiger charge is 2.16. The Morgan fingerprint density at radius 3 is 2.31 bits per heavy atom. The molecule has 3 aromatic carbocycles. The van der Waals surface area contributed by atoms with E-state index < -0.39 is 15.9 Å². The minimum atomic E-state index is -3.76. The molecule has 0 unspecified atom stereocenters. The number of thiocarbonyl (C=S) groups is 1. The van der Waals surface area contributed by atoms with Gasteiger partial charge in [0, 0.05) is 11.3 Å². The molecule has 0 spiro atoms. The first-order chi connectivity index (χ1) is 15.0. The van der Waals surface area contributed by atoms with E-state index in [1.54, 1.807) is 18.2 Å². The van der Waals surface area contributed by atoms with Crippen LogP contribution in [-0.4, -0.2) is 24.5 Å². The van der Waals surface area contributed by atoms with Gasteiger partial charge in [-0.15, -0.1) is 0 Å². The summed E-state index contributed by atoms with van der Waals surface area (Å²) in [4.78, 5) is 12.4. The number of phenols is 1. The summed E-state index contributed by atoms with van der Waals surface area (Å²) < 4.78 is 28.4. The number of aryl methyl sites for hydroxylation is 2. The second kappa shape index (κ2) is 9.68. The van der Waals surface area contributed by atoms with Crippen molar-refractivity contribution >= 4 is 60.6 Å². The van der Waals surface area contributed by atoms with Crippen LogP contribution in [0.4, 0.5) is 11.4 Å². The lowest BCUT2D eigenvalue weighted by Crippen LogP contribution is -2.34. The molecule has 4 N–H and O–H groups in total. The maximum absolute atomic E-state index is 12.7. The van der Waals surface area contributed by atoms with Gasteiger partial charge in [-0.3, -0.25) is 14.8 Å². The minimum Gasteiger partial charge on any atom is -0.507 e. The van der Waals surface area contributed by atoms with Gasteiger partial charge in [0.2, 0.25) is 0 Å². The predicted molar refractivity (Wildman–Crippen MR) is 133 cm³/mol. The molecule has 0 saturated heterocycles. The Kier molecular flexibility index (Phi) is 7.17. The molecule has 0 fully saturated rings. The largest absolute Gasteiger partial charge is 0.507 e. The van der Waals surface area contributed by atoms with E-state index in [1.807, 2.05) is 26.0 Å². The molecular formula is C22H20BrN3O4S2. The quantitative estimate of drug-likeness (QED) is 0.354. The normalized spacial score (nSPS) is 11.0. The molecule has 0 atom stereocenters. The van der Waals surface area contributed by atoms with Crippen molar-refractivity contribution in [2.24, 2.45) is 0 Å². The third kappa shape index (κ3) is 5.84. The average molecular weight is 534 g/mol. The van der Waals surface area contributed by atoms with Gasteiger partial charge in [0.25, 0.3) is 15.9 Å². The lowest BCUT2D eigenvalue weighted by Gasteiger charge is -2.13. The molecule has 0 heterocycles.